The van der Waals surface area contributed by atoms with Crippen LogP contribution in [0.2, 0.25) is 0 Å². The highest BCUT2D eigenvalue weighted by Gasteiger charge is 2.50. The summed E-state index contributed by atoms with van der Waals surface area (Å²) in [5, 5.41) is 18.2. The second-order valence-corrected chi connectivity index (χ2v) is 11.6. The van der Waals surface area contributed by atoms with Crippen molar-refractivity contribution in [2.24, 2.45) is 13.0 Å². The summed E-state index contributed by atoms with van der Waals surface area (Å²) in [6.45, 7) is 5.36. The number of rotatable bonds is 6. The van der Waals surface area contributed by atoms with Gasteiger partial charge in [0.25, 0.3) is 0 Å². The van der Waals surface area contributed by atoms with Crippen molar-refractivity contribution in [2.45, 2.75) is 89.0 Å². The zero-order valence-electron chi connectivity index (χ0n) is 22.5. The molecule has 2 aromatic carbocycles. The standard InChI is InChI=1S/C32H41N3O2/c1-22-17-18-32(2)29(13-7-11-24-19-25(36)15-16-26(22)24)27(28-21-35(3)34-31(28)32)12-8-14-30(37)33-20-23-9-5-4-6-10-23/h4-6,9-10,15-16,19,21-22,27,29,36H,7-8,11-14,17-18,20H2,1-3H3,(H,33,37)/t22-,27+,29-,32+/m1/s1. The van der Waals surface area contributed by atoms with Crippen molar-refractivity contribution in [2.75, 3.05) is 0 Å². The fourth-order valence-corrected chi connectivity index (χ4v) is 7.08. The van der Waals surface area contributed by atoms with Crippen LogP contribution in [0.3, 0.4) is 0 Å². The van der Waals surface area contributed by atoms with Gasteiger partial charge in [-0.15, -0.1) is 0 Å². The normalized spacial score (nSPS) is 25.1. The zero-order valence-corrected chi connectivity index (χ0v) is 22.5. The summed E-state index contributed by atoms with van der Waals surface area (Å²) in [5.74, 6) is 1.92. The maximum atomic E-state index is 12.6. The molecule has 5 heteroatoms. The molecule has 2 aliphatic rings. The van der Waals surface area contributed by atoms with E-state index in [4.69, 9.17) is 5.10 Å². The predicted octanol–water partition coefficient (Wildman–Crippen LogP) is 6.50. The number of aromatic nitrogens is 2. The molecule has 0 bridgehead atoms. The third kappa shape index (κ3) is 5.32. The van der Waals surface area contributed by atoms with Crippen molar-refractivity contribution in [1.82, 2.24) is 15.1 Å². The summed E-state index contributed by atoms with van der Waals surface area (Å²) < 4.78 is 1.99. The number of phenolic OH excluding ortho intramolecular Hbond substituents is 1. The van der Waals surface area contributed by atoms with Gasteiger partial charge in [0.1, 0.15) is 5.75 Å². The van der Waals surface area contributed by atoms with E-state index in [1.54, 1.807) is 0 Å². The van der Waals surface area contributed by atoms with Crippen LogP contribution < -0.4 is 5.32 Å². The molecule has 1 heterocycles. The van der Waals surface area contributed by atoms with Crippen molar-refractivity contribution in [3.8, 4) is 5.75 Å². The van der Waals surface area contributed by atoms with Gasteiger partial charge in [-0.3, -0.25) is 9.48 Å². The number of hydrogen-bond acceptors (Lipinski definition) is 3. The Balaban J connectivity index is 1.30. The number of carbonyl (C=O) groups excluding carboxylic acids is 1. The van der Waals surface area contributed by atoms with Crippen molar-refractivity contribution < 1.29 is 9.90 Å². The van der Waals surface area contributed by atoms with Crippen LogP contribution in [0.5, 0.6) is 5.75 Å². The van der Waals surface area contributed by atoms with Gasteiger partial charge in [0.05, 0.1) is 5.69 Å². The molecule has 0 unspecified atom stereocenters. The van der Waals surface area contributed by atoms with E-state index in [9.17, 15) is 9.90 Å². The minimum Gasteiger partial charge on any atom is -0.508 e. The Morgan fingerprint density at radius 1 is 1.16 bits per heavy atom. The van der Waals surface area contributed by atoms with Gasteiger partial charge in [0.2, 0.25) is 5.91 Å². The summed E-state index contributed by atoms with van der Waals surface area (Å²) in [6, 6.07) is 16.0. The number of aromatic hydroxyl groups is 1. The van der Waals surface area contributed by atoms with Gasteiger partial charge in [-0.1, -0.05) is 50.2 Å². The molecule has 3 aromatic rings. The largest absolute Gasteiger partial charge is 0.508 e. The topological polar surface area (TPSA) is 67.2 Å². The van der Waals surface area contributed by atoms with Crippen LogP contribution in [0.15, 0.2) is 54.7 Å². The van der Waals surface area contributed by atoms with Crippen molar-refractivity contribution in [3.63, 3.8) is 0 Å². The van der Waals surface area contributed by atoms with Crippen LogP contribution in [0.1, 0.15) is 98.6 Å². The predicted molar refractivity (Wildman–Crippen MR) is 148 cm³/mol. The lowest BCUT2D eigenvalue weighted by atomic mass is 9.67. The van der Waals surface area contributed by atoms with Gasteiger partial charge in [0.15, 0.2) is 0 Å². The zero-order chi connectivity index (χ0) is 26.0. The number of carbonyl (C=O) groups is 1. The summed E-state index contributed by atoms with van der Waals surface area (Å²) >= 11 is 0. The summed E-state index contributed by atoms with van der Waals surface area (Å²) in [5.41, 5.74) is 6.57. The lowest BCUT2D eigenvalue weighted by Crippen LogP contribution is -2.32. The summed E-state index contributed by atoms with van der Waals surface area (Å²) in [6.07, 6.45) is 10.2. The molecule has 0 spiro atoms. The first kappa shape index (κ1) is 25.6. The van der Waals surface area contributed by atoms with Crippen molar-refractivity contribution in [1.29, 1.82) is 0 Å². The molecule has 196 valence electrons. The monoisotopic (exact) mass is 499 g/mol. The van der Waals surface area contributed by atoms with Gasteiger partial charge in [-0.25, -0.2) is 0 Å². The number of amides is 1. The molecule has 2 N–H and O–H groups in total. The average Bonchev–Trinajstić information content (AvgIpc) is 3.37. The number of nitrogens with one attached hydrogen (secondary N) is 1. The van der Waals surface area contributed by atoms with Gasteiger partial charge in [0, 0.05) is 31.6 Å². The molecule has 1 aromatic heterocycles. The van der Waals surface area contributed by atoms with Gasteiger partial charge < -0.3 is 10.4 Å². The molecule has 4 atom stereocenters. The molecular formula is C32H41N3O2. The lowest BCUT2D eigenvalue weighted by molar-refractivity contribution is -0.121. The Morgan fingerprint density at radius 2 is 1.97 bits per heavy atom. The fourth-order valence-electron chi connectivity index (χ4n) is 7.08. The second kappa shape index (κ2) is 10.7. The molecule has 0 saturated heterocycles. The molecule has 5 rings (SSSR count). The Hall–Kier alpha value is -3.08. The molecule has 0 saturated carbocycles. The Bertz CT molecular complexity index is 1230. The highest BCUT2D eigenvalue weighted by Crippen LogP contribution is 2.56. The first-order valence-electron chi connectivity index (χ1n) is 14.0. The minimum absolute atomic E-state index is 0.0551. The molecule has 5 nitrogen and oxygen atoms in total. The van der Waals surface area contributed by atoms with E-state index < -0.39 is 0 Å². The molecule has 0 aliphatic heterocycles. The molecule has 0 radical (unpaired) electrons. The quantitative estimate of drug-likeness (QED) is 0.407. The number of aryl methyl sites for hydroxylation is 2. The third-order valence-corrected chi connectivity index (χ3v) is 9.07. The number of hydrogen-bond donors (Lipinski definition) is 2. The first-order chi connectivity index (χ1) is 17.8. The van der Waals surface area contributed by atoms with Crippen LogP contribution in [-0.4, -0.2) is 20.8 Å². The molecule has 1 amide bonds. The van der Waals surface area contributed by atoms with Crippen LogP contribution >= 0.6 is 0 Å². The number of benzene rings is 2. The highest BCUT2D eigenvalue weighted by atomic mass is 16.3. The third-order valence-electron chi connectivity index (χ3n) is 9.07. The Kier molecular flexibility index (Phi) is 7.41. The van der Waals surface area contributed by atoms with E-state index >= 15 is 0 Å². The maximum absolute atomic E-state index is 12.6. The average molecular weight is 500 g/mol. The lowest BCUT2D eigenvalue weighted by Gasteiger charge is -2.37. The van der Waals surface area contributed by atoms with Crippen molar-refractivity contribution in [3.05, 3.63) is 82.7 Å². The number of phenols is 1. The van der Waals surface area contributed by atoms with Gasteiger partial charge >= 0.3 is 0 Å². The fraction of sp³-hybridized carbons (Fsp3) is 0.500. The molecular weight excluding hydrogens is 458 g/mol. The minimum atomic E-state index is 0.0551. The van der Waals surface area contributed by atoms with E-state index in [2.05, 4.69) is 31.4 Å². The van der Waals surface area contributed by atoms with E-state index in [1.807, 2.05) is 54.2 Å². The van der Waals surface area contributed by atoms with Gasteiger partial charge in [-0.2, -0.15) is 5.10 Å². The Labute approximate surface area is 221 Å². The van der Waals surface area contributed by atoms with Crippen LogP contribution in [0.4, 0.5) is 0 Å². The molecule has 2 aliphatic carbocycles. The number of nitrogens with zero attached hydrogens (tertiary/aromatic N) is 2. The van der Waals surface area contributed by atoms with Crippen molar-refractivity contribution >= 4 is 5.91 Å². The van der Waals surface area contributed by atoms with Crippen LogP contribution in [0, 0.1) is 5.92 Å². The SMILES string of the molecule is C[C@@H]1CC[C@]2(C)c3nn(C)cc3[C@H](CCCC(=O)NCc3ccccc3)[C@H]2CCCc2cc(O)ccc21. The molecule has 37 heavy (non-hydrogen) atoms. The second-order valence-electron chi connectivity index (χ2n) is 11.6. The van der Waals surface area contributed by atoms with E-state index in [0.29, 0.717) is 36.5 Å². The van der Waals surface area contributed by atoms with E-state index in [0.717, 1.165) is 50.5 Å². The first-order valence-corrected chi connectivity index (χ1v) is 14.0. The van der Waals surface area contributed by atoms with Crippen LogP contribution in [0.25, 0.3) is 0 Å². The van der Waals surface area contributed by atoms with Crippen LogP contribution in [-0.2, 0) is 30.2 Å². The smallest absolute Gasteiger partial charge is 0.220 e. The summed E-state index contributed by atoms with van der Waals surface area (Å²) in [4.78, 5) is 12.6. The maximum Gasteiger partial charge on any atom is 0.220 e. The summed E-state index contributed by atoms with van der Waals surface area (Å²) in [7, 11) is 2.04. The van der Waals surface area contributed by atoms with E-state index in [-0.39, 0.29) is 11.3 Å². The Morgan fingerprint density at radius 3 is 2.78 bits per heavy atom. The molecule has 0 fully saturated rings. The van der Waals surface area contributed by atoms with E-state index in [1.165, 1.54) is 22.4 Å². The highest BCUT2D eigenvalue weighted by molar-refractivity contribution is 5.75. The van der Waals surface area contributed by atoms with Gasteiger partial charge in [-0.05, 0) is 97.1 Å². The number of fused-ring (bicyclic) bond motifs is 4.